The molecule has 1 aliphatic heterocycles. The molecule has 0 spiro atoms. The maximum atomic E-state index is 11.5. The first-order chi connectivity index (χ1) is 8.02. The Morgan fingerprint density at radius 1 is 1.12 bits per heavy atom. The van der Waals surface area contributed by atoms with E-state index in [1.165, 1.54) is 0 Å². The van der Waals surface area contributed by atoms with Crippen LogP contribution in [0.3, 0.4) is 0 Å². The van der Waals surface area contributed by atoms with Gasteiger partial charge in [-0.05, 0) is 39.2 Å². The molecule has 0 N–H and O–H groups in total. The fraction of sp³-hybridized carbons (Fsp3) is 0.917. The molecule has 0 amide bonds. The summed E-state index contributed by atoms with van der Waals surface area (Å²) in [5, 5.41) is 8.85. The smallest absolute Gasteiger partial charge is 0.151 e. The van der Waals surface area contributed by atoms with Crippen molar-refractivity contribution in [2.45, 2.75) is 44.2 Å². The van der Waals surface area contributed by atoms with Crippen LogP contribution in [0.15, 0.2) is 0 Å². The van der Waals surface area contributed by atoms with E-state index >= 15 is 0 Å². The van der Waals surface area contributed by atoms with Gasteiger partial charge in [0, 0.05) is 18.0 Å². The van der Waals surface area contributed by atoms with Crippen LogP contribution in [-0.4, -0.2) is 44.0 Å². The average Bonchev–Trinajstić information content (AvgIpc) is 2.69. The Kier molecular flexibility index (Phi) is 3.74. The molecule has 0 aromatic rings. The van der Waals surface area contributed by atoms with Crippen LogP contribution in [0.5, 0.6) is 0 Å². The number of nitriles is 1. The lowest BCUT2D eigenvalue weighted by molar-refractivity contribution is 0.139. The van der Waals surface area contributed by atoms with E-state index in [0.29, 0.717) is 17.5 Å². The van der Waals surface area contributed by atoms with Crippen molar-refractivity contribution < 1.29 is 8.42 Å². The first kappa shape index (κ1) is 12.8. The lowest BCUT2D eigenvalue weighted by atomic mass is 9.86. The molecule has 2 aliphatic rings. The van der Waals surface area contributed by atoms with Crippen LogP contribution in [0.2, 0.25) is 0 Å². The summed E-state index contributed by atoms with van der Waals surface area (Å²) in [5.74, 6) is 0.879. The maximum Gasteiger partial charge on any atom is 0.151 e. The van der Waals surface area contributed by atoms with Crippen molar-refractivity contribution in [3.63, 3.8) is 0 Å². The SMILES string of the molecule is CN(C1CCC(C#N)CC1)C1CCS(=O)(=O)C1. The number of nitrogens with zero attached hydrogens (tertiary/aromatic N) is 2. The zero-order chi connectivity index (χ0) is 12.5. The van der Waals surface area contributed by atoms with Crippen molar-refractivity contribution >= 4 is 9.84 Å². The second-order valence-electron chi connectivity index (χ2n) is 5.36. The maximum absolute atomic E-state index is 11.5. The molecule has 4 nitrogen and oxygen atoms in total. The van der Waals surface area contributed by atoms with Crippen molar-refractivity contribution in [3.05, 3.63) is 0 Å². The summed E-state index contributed by atoms with van der Waals surface area (Å²) in [4.78, 5) is 2.25. The van der Waals surface area contributed by atoms with Crippen LogP contribution in [-0.2, 0) is 9.84 Å². The molecule has 17 heavy (non-hydrogen) atoms. The predicted octanol–water partition coefficient (Wildman–Crippen LogP) is 1.19. The Morgan fingerprint density at radius 2 is 1.76 bits per heavy atom. The molecule has 1 unspecified atom stereocenters. The van der Waals surface area contributed by atoms with Crippen LogP contribution < -0.4 is 0 Å². The molecule has 96 valence electrons. The van der Waals surface area contributed by atoms with Gasteiger partial charge in [0.1, 0.15) is 0 Å². The minimum absolute atomic E-state index is 0.198. The highest BCUT2D eigenvalue weighted by molar-refractivity contribution is 7.91. The molecule has 0 bridgehead atoms. The summed E-state index contributed by atoms with van der Waals surface area (Å²) in [5.41, 5.74) is 0. The highest BCUT2D eigenvalue weighted by atomic mass is 32.2. The van der Waals surface area contributed by atoms with Crippen LogP contribution in [0.4, 0.5) is 0 Å². The van der Waals surface area contributed by atoms with Crippen molar-refractivity contribution in [2.24, 2.45) is 5.92 Å². The van der Waals surface area contributed by atoms with Gasteiger partial charge >= 0.3 is 0 Å². The van der Waals surface area contributed by atoms with E-state index in [2.05, 4.69) is 11.0 Å². The molecule has 0 aromatic heterocycles. The molecule has 2 rings (SSSR count). The minimum Gasteiger partial charge on any atom is -0.299 e. The monoisotopic (exact) mass is 256 g/mol. The zero-order valence-corrected chi connectivity index (χ0v) is 11.1. The summed E-state index contributed by atoms with van der Waals surface area (Å²) in [7, 11) is -0.744. The Hall–Kier alpha value is -0.600. The van der Waals surface area contributed by atoms with Gasteiger partial charge < -0.3 is 0 Å². The van der Waals surface area contributed by atoms with E-state index < -0.39 is 9.84 Å². The highest BCUT2D eigenvalue weighted by Gasteiger charge is 2.34. The molecule has 1 aliphatic carbocycles. The molecule has 1 saturated heterocycles. The quantitative estimate of drug-likeness (QED) is 0.744. The van der Waals surface area contributed by atoms with Crippen molar-refractivity contribution in [1.82, 2.24) is 4.90 Å². The topological polar surface area (TPSA) is 61.2 Å². The van der Waals surface area contributed by atoms with Crippen molar-refractivity contribution in [1.29, 1.82) is 5.26 Å². The number of hydrogen-bond donors (Lipinski definition) is 0. The summed E-state index contributed by atoms with van der Waals surface area (Å²) < 4.78 is 22.9. The van der Waals surface area contributed by atoms with E-state index in [4.69, 9.17) is 5.26 Å². The van der Waals surface area contributed by atoms with Gasteiger partial charge in [0.25, 0.3) is 0 Å². The molecule has 0 radical (unpaired) electrons. The molecular weight excluding hydrogens is 236 g/mol. The van der Waals surface area contributed by atoms with E-state index in [1.54, 1.807) is 0 Å². The summed E-state index contributed by atoms with van der Waals surface area (Å²) in [6.07, 6.45) is 4.77. The third-order valence-electron chi connectivity index (χ3n) is 4.24. The molecule has 1 saturated carbocycles. The largest absolute Gasteiger partial charge is 0.299 e. The van der Waals surface area contributed by atoms with Gasteiger partial charge in [-0.2, -0.15) is 5.26 Å². The highest BCUT2D eigenvalue weighted by Crippen LogP contribution is 2.29. The Morgan fingerprint density at radius 3 is 2.24 bits per heavy atom. The normalized spacial score (nSPS) is 36.9. The minimum atomic E-state index is -2.79. The van der Waals surface area contributed by atoms with E-state index in [0.717, 1.165) is 32.1 Å². The standard InChI is InChI=1S/C12H20N2O2S/c1-14(12-6-7-17(15,16)9-12)11-4-2-10(8-13)3-5-11/h10-12H,2-7,9H2,1H3. The first-order valence-corrected chi connectivity index (χ1v) is 8.16. The van der Waals surface area contributed by atoms with Gasteiger partial charge in [-0.25, -0.2) is 8.42 Å². The van der Waals surface area contributed by atoms with Crippen LogP contribution in [0.25, 0.3) is 0 Å². The van der Waals surface area contributed by atoms with E-state index in [1.807, 2.05) is 7.05 Å². The van der Waals surface area contributed by atoms with Crippen LogP contribution in [0.1, 0.15) is 32.1 Å². The lowest BCUT2D eigenvalue weighted by Crippen LogP contribution is -2.42. The van der Waals surface area contributed by atoms with Gasteiger partial charge in [-0.3, -0.25) is 4.90 Å². The van der Waals surface area contributed by atoms with Crippen LogP contribution in [0, 0.1) is 17.2 Å². The number of hydrogen-bond acceptors (Lipinski definition) is 4. The lowest BCUT2D eigenvalue weighted by Gasteiger charge is -2.36. The van der Waals surface area contributed by atoms with Gasteiger partial charge in [0.05, 0.1) is 17.6 Å². The third kappa shape index (κ3) is 2.99. The summed E-state index contributed by atoms with van der Waals surface area (Å²) in [6, 6.07) is 3.00. The molecule has 5 heteroatoms. The zero-order valence-electron chi connectivity index (χ0n) is 10.3. The number of sulfone groups is 1. The van der Waals surface area contributed by atoms with Gasteiger partial charge in [-0.15, -0.1) is 0 Å². The second kappa shape index (κ2) is 4.95. The predicted molar refractivity (Wildman–Crippen MR) is 66.2 cm³/mol. The van der Waals surface area contributed by atoms with E-state index in [9.17, 15) is 8.42 Å². The molecule has 1 heterocycles. The van der Waals surface area contributed by atoms with Gasteiger partial charge in [0.15, 0.2) is 9.84 Å². The Balaban J connectivity index is 1.90. The van der Waals surface area contributed by atoms with Crippen LogP contribution >= 0.6 is 0 Å². The fourth-order valence-electron chi connectivity index (χ4n) is 3.01. The summed E-state index contributed by atoms with van der Waals surface area (Å²) in [6.45, 7) is 0. The van der Waals surface area contributed by atoms with E-state index in [-0.39, 0.29) is 12.0 Å². The van der Waals surface area contributed by atoms with Crippen molar-refractivity contribution in [2.75, 3.05) is 18.6 Å². The molecular formula is C12H20N2O2S. The fourth-order valence-corrected chi connectivity index (χ4v) is 4.79. The average molecular weight is 256 g/mol. The molecule has 1 atom stereocenters. The number of rotatable bonds is 2. The summed E-state index contributed by atoms with van der Waals surface area (Å²) >= 11 is 0. The Bertz CT molecular complexity index is 405. The van der Waals surface area contributed by atoms with Gasteiger partial charge in [-0.1, -0.05) is 0 Å². The first-order valence-electron chi connectivity index (χ1n) is 6.34. The molecule has 2 fully saturated rings. The van der Waals surface area contributed by atoms with Crippen molar-refractivity contribution in [3.8, 4) is 6.07 Å². The van der Waals surface area contributed by atoms with Gasteiger partial charge in [0.2, 0.25) is 0 Å². The second-order valence-corrected chi connectivity index (χ2v) is 7.59. The Labute approximate surface area is 104 Å². The third-order valence-corrected chi connectivity index (χ3v) is 5.99. The molecule has 0 aromatic carbocycles.